The molecule has 18 heavy (non-hydrogen) atoms. The molecule has 0 saturated heterocycles. The van der Waals surface area contributed by atoms with Gasteiger partial charge < -0.3 is 14.9 Å². The second-order valence-electron chi connectivity index (χ2n) is 3.81. The summed E-state index contributed by atoms with van der Waals surface area (Å²) in [6, 6.07) is 5.30. The van der Waals surface area contributed by atoms with E-state index in [0.717, 1.165) is 16.6 Å². The zero-order valence-electron chi connectivity index (χ0n) is 9.53. The van der Waals surface area contributed by atoms with Crippen molar-refractivity contribution in [1.82, 2.24) is 10.2 Å². The van der Waals surface area contributed by atoms with Crippen molar-refractivity contribution >= 4 is 28.4 Å². The number of aromatic amines is 1. The Morgan fingerprint density at radius 3 is 2.94 bits per heavy atom. The number of nitrogens with zero attached hydrogens (tertiary/aromatic N) is 1. The molecule has 3 rings (SSSR count). The van der Waals surface area contributed by atoms with E-state index in [1.165, 1.54) is 0 Å². The largest absolute Gasteiger partial charge is 0.493 e. The maximum absolute atomic E-state index is 6.35. The van der Waals surface area contributed by atoms with Gasteiger partial charge in [-0.3, -0.25) is 5.10 Å². The number of halogens is 1. The van der Waals surface area contributed by atoms with Crippen LogP contribution in [0, 0.1) is 0 Å². The van der Waals surface area contributed by atoms with Crippen molar-refractivity contribution < 1.29 is 9.15 Å². The molecule has 0 fully saturated rings. The molecule has 1 aromatic carbocycles. The van der Waals surface area contributed by atoms with Gasteiger partial charge in [-0.05, 0) is 12.1 Å². The fraction of sp³-hybridized carbons (Fsp3) is 0.0833. The Bertz CT molecular complexity index is 717. The normalized spacial score (nSPS) is 11.0. The number of hydrogen-bond donors (Lipinski definition) is 2. The van der Waals surface area contributed by atoms with Crippen molar-refractivity contribution in [3.05, 3.63) is 29.5 Å². The lowest BCUT2D eigenvalue weighted by Gasteiger charge is -2.07. The first kappa shape index (κ1) is 11.0. The predicted octanol–water partition coefficient (Wildman–Crippen LogP) is 3.07. The van der Waals surface area contributed by atoms with Gasteiger partial charge in [0.2, 0.25) is 0 Å². The van der Waals surface area contributed by atoms with Gasteiger partial charge in [-0.2, -0.15) is 5.10 Å². The van der Waals surface area contributed by atoms with Crippen molar-refractivity contribution in [3.63, 3.8) is 0 Å². The summed E-state index contributed by atoms with van der Waals surface area (Å²) in [6.07, 6.45) is 1.57. The van der Waals surface area contributed by atoms with Crippen LogP contribution < -0.4 is 10.5 Å². The van der Waals surface area contributed by atoms with Crippen LogP contribution in [0.25, 0.3) is 22.2 Å². The lowest BCUT2D eigenvalue weighted by atomic mass is 10.1. The summed E-state index contributed by atoms with van der Waals surface area (Å²) in [5, 5.41) is 8.08. The highest BCUT2D eigenvalue weighted by Crippen LogP contribution is 2.39. The smallest absolute Gasteiger partial charge is 0.177 e. The third-order valence-electron chi connectivity index (χ3n) is 2.75. The minimum Gasteiger partial charge on any atom is -0.493 e. The highest BCUT2D eigenvalue weighted by molar-refractivity contribution is 6.38. The number of fused-ring (bicyclic) bond motifs is 1. The van der Waals surface area contributed by atoms with Gasteiger partial charge in [0.05, 0.1) is 24.1 Å². The summed E-state index contributed by atoms with van der Waals surface area (Å²) >= 11 is 6.35. The first-order valence-corrected chi connectivity index (χ1v) is 5.63. The highest BCUT2D eigenvalue weighted by Gasteiger charge is 2.16. The molecular formula is C12H10ClN3O2. The molecule has 0 bridgehead atoms. The number of H-pyrrole nitrogens is 1. The van der Waals surface area contributed by atoms with E-state index in [1.54, 1.807) is 31.6 Å². The molecule has 0 radical (unpaired) electrons. The number of nitrogen functional groups attached to an aromatic ring is 1. The molecule has 0 spiro atoms. The number of furan rings is 1. The zero-order chi connectivity index (χ0) is 12.7. The van der Waals surface area contributed by atoms with E-state index in [-0.39, 0.29) is 0 Å². The van der Waals surface area contributed by atoms with E-state index in [4.69, 9.17) is 26.5 Å². The van der Waals surface area contributed by atoms with Crippen LogP contribution >= 0.6 is 11.6 Å². The summed E-state index contributed by atoms with van der Waals surface area (Å²) in [5.41, 5.74) is 7.72. The Morgan fingerprint density at radius 2 is 2.28 bits per heavy atom. The van der Waals surface area contributed by atoms with Crippen LogP contribution in [0.15, 0.2) is 28.9 Å². The lowest BCUT2D eigenvalue weighted by Crippen LogP contribution is -1.87. The number of benzene rings is 1. The fourth-order valence-corrected chi connectivity index (χ4v) is 2.21. The van der Waals surface area contributed by atoms with Gasteiger partial charge in [0.15, 0.2) is 11.3 Å². The molecule has 2 aromatic heterocycles. The molecule has 0 amide bonds. The number of methoxy groups -OCH3 is 1. The predicted molar refractivity (Wildman–Crippen MR) is 69.8 cm³/mol. The molecule has 0 aliphatic rings. The van der Waals surface area contributed by atoms with Crippen molar-refractivity contribution in [1.29, 1.82) is 0 Å². The van der Waals surface area contributed by atoms with Gasteiger partial charge in [0.1, 0.15) is 5.82 Å². The van der Waals surface area contributed by atoms with E-state index in [9.17, 15) is 0 Å². The fourth-order valence-electron chi connectivity index (χ4n) is 1.90. The standard InChI is InChI=1S/C12H10ClN3O2/c1-17-9-4-7(8-5-10(14)16-15-8)11(13)6-2-3-18-12(6)9/h2-5H,1H3,(H3,14,15,16). The first-order chi connectivity index (χ1) is 8.70. The van der Waals surface area contributed by atoms with Crippen LogP contribution in [0.1, 0.15) is 0 Å². The van der Waals surface area contributed by atoms with Crippen molar-refractivity contribution in [3.8, 4) is 17.0 Å². The average molecular weight is 264 g/mol. The summed E-state index contributed by atoms with van der Waals surface area (Å²) in [4.78, 5) is 0. The maximum Gasteiger partial charge on any atom is 0.177 e. The number of ether oxygens (including phenoxy) is 1. The average Bonchev–Trinajstić information content (AvgIpc) is 2.99. The number of anilines is 1. The summed E-state index contributed by atoms with van der Waals surface area (Å²) in [6.45, 7) is 0. The molecule has 2 heterocycles. The maximum atomic E-state index is 6.35. The topological polar surface area (TPSA) is 77.1 Å². The molecule has 0 atom stereocenters. The van der Waals surface area contributed by atoms with E-state index in [1.807, 2.05) is 0 Å². The van der Waals surface area contributed by atoms with E-state index in [2.05, 4.69) is 10.2 Å². The molecular weight excluding hydrogens is 254 g/mol. The second kappa shape index (κ2) is 3.96. The SMILES string of the molecule is COc1cc(-c2cc(N)n[nH]2)c(Cl)c2ccoc12. The molecule has 92 valence electrons. The van der Waals surface area contributed by atoms with Gasteiger partial charge >= 0.3 is 0 Å². The van der Waals surface area contributed by atoms with Gasteiger partial charge in [-0.25, -0.2) is 0 Å². The lowest BCUT2D eigenvalue weighted by molar-refractivity contribution is 0.410. The monoisotopic (exact) mass is 263 g/mol. The Hall–Kier alpha value is -2.14. The molecule has 6 heteroatoms. The Labute approximate surface area is 107 Å². The van der Waals surface area contributed by atoms with Crippen molar-refractivity contribution in [2.45, 2.75) is 0 Å². The first-order valence-electron chi connectivity index (χ1n) is 5.25. The van der Waals surface area contributed by atoms with Crippen molar-refractivity contribution in [2.24, 2.45) is 0 Å². The highest BCUT2D eigenvalue weighted by atomic mass is 35.5. The van der Waals surface area contributed by atoms with Crippen LogP contribution in [0.3, 0.4) is 0 Å². The number of nitrogens with one attached hydrogen (secondary N) is 1. The van der Waals surface area contributed by atoms with Crippen LogP contribution in [-0.2, 0) is 0 Å². The molecule has 0 saturated carbocycles. The Kier molecular flexibility index (Phi) is 2.41. The molecule has 0 unspecified atom stereocenters. The molecule has 5 nitrogen and oxygen atoms in total. The molecule has 0 aliphatic carbocycles. The Morgan fingerprint density at radius 1 is 1.44 bits per heavy atom. The van der Waals surface area contributed by atoms with Crippen LogP contribution in [-0.4, -0.2) is 17.3 Å². The number of aromatic nitrogens is 2. The van der Waals surface area contributed by atoms with Gasteiger partial charge in [0, 0.05) is 17.0 Å². The summed E-state index contributed by atoms with van der Waals surface area (Å²) < 4.78 is 10.6. The minimum absolute atomic E-state index is 0.410. The Balaban J connectivity index is 2.32. The van der Waals surface area contributed by atoms with Crippen LogP contribution in [0.4, 0.5) is 5.82 Å². The van der Waals surface area contributed by atoms with Crippen LogP contribution in [0.2, 0.25) is 5.02 Å². The minimum atomic E-state index is 0.410. The summed E-state index contributed by atoms with van der Waals surface area (Å²) in [5.74, 6) is 1.02. The van der Waals surface area contributed by atoms with Crippen LogP contribution in [0.5, 0.6) is 5.75 Å². The quantitative estimate of drug-likeness (QED) is 0.745. The van der Waals surface area contributed by atoms with Gasteiger partial charge in [-0.15, -0.1) is 0 Å². The molecule has 0 aliphatic heterocycles. The number of nitrogens with two attached hydrogens (primary N) is 1. The van der Waals surface area contributed by atoms with Crippen molar-refractivity contribution in [2.75, 3.05) is 12.8 Å². The number of rotatable bonds is 2. The van der Waals surface area contributed by atoms with Gasteiger partial charge in [0.25, 0.3) is 0 Å². The van der Waals surface area contributed by atoms with Gasteiger partial charge in [-0.1, -0.05) is 11.6 Å². The zero-order valence-corrected chi connectivity index (χ0v) is 10.3. The summed E-state index contributed by atoms with van der Waals surface area (Å²) in [7, 11) is 1.58. The third-order valence-corrected chi connectivity index (χ3v) is 3.15. The van der Waals surface area contributed by atoms with E-state index >= 15 is 0 Å². The number of hydrogen-bond acceptors (Lipinski definition) is 4. The molecule has 3 N–H and O–H groups in total. The molecule has 3 aromatic rings. The third kappa shape index (κ3) is 1.52. The van der Waals surface area contributed by atoms with E-state index in [0.29, 0.717) is 22.2 Å². The second-order valence-corrected chi connectivity index (χ2v) is 4.19. The van der Waals surface area contributed by atoms with E-state index < -0.39 is 0 Å².